The van der Waals surface area contributed by atoms with Crippen molar-refractivity contribution >= 4 is 10.0 Å². The van der Waals surface area contributed by atoms with E-state index in [0.29, 0.717) is 26.0 Å². The largest absolute Gasteiger partial charge is 0.381 e. The van der Waals surface area contributed by atoms with Crippen LogP contribution < -0.4 is 10.5 Å². The zero-order valence-electron chi connectivity index (χ0n) is 10.2. The number of hydrogen-bond donors (Lipinski definition) is 2. The number of rotatable bonds is 10. The molecule has 0 spiro atoms. The van der Waals surface area contributed by atoms with Crippen molar-refractivity contribution in [2.24, 2.45) is 5.73 Å². The van der Waals surface area contributed by atoms with Gasteiger partial charge in [0.15, 0.2) is 0 Å². The SMILES string of the molecule is CCCOCCCNS(=O)(=O)C(CC)CN. The molecule has 0 radical (unpaired) electrons. The fraction of sp³-hybridized carbons (Fsp3) is 1.00. The first-order chi connectivity index (χ1) is 7.58. The zero-order valence-corrected chi connectivity index (χ0v) is 11.1. The van der Waals surface area contributed by atoms with Gasteiger partial charge >= 0.3 is 0 Å². The monoisotopic (exact) mass is 252 g/mol. The van der Waals surface area contributed by atoms with Crippen molar-refractivity contribution in [3.63, 3.8) is 0 Å². The third kappa shape index (κ3) is 6.42. The Bertz CT molecular complexity index is 251. The molecule has 0 amide bonds. The molecule has 0 aliphatic rings. The third-order valence-electron chi connectivity index (χ3n) is 2.27. The minimum atomic E-state index is -3.25. The lowest BCUT2D eigenvalue weighted by Crippen LogP contribution is -2.39. The maximum Gasteiger partial charge on any atom is 0.215 e. The molecular weight excluding hydrogens is 228 g/mol. The Kier molecular flexibility index (Phi) is 8.83. The third-order valence-corrected chi connectivity index (χ3v) is 4.28. The standard InChI is InChI=1S/C10H24N2O3S/c1-3-7-15-8-5-6-12-16(13,14)10(4-2)9-11/h10,12H,3-9,11H2,1-2H3. The van der Waals surface area contributed by atoms with E-state index in [0.717, 1.165) is 13.0 Å². The molecule has 0 saturated heterocycles. The first-order valence-electron chi connectivity index (χ1n) is 5.84. The van der Waals surface area contributed by atoms with E-state index >= 15 is 0 Å². The first kappa shape index (κ1) is 15.8. The van der Waals surface area contributed by atoms with Gasteiger partial charge in [-0.05, 0) is 19.3 Å². The van der Waals surface area contributed by atoms with Crippen LogP contribution in [0.4, 0.5) is 0 Å². The van der Waals surface area contributed by atoms with Crippen molar-refractivity contribution in [2.75, 3.05) is 26.3 Å². The van der Waals surface area contributed by atoms with Crippen LogP contribution >= 0.6 is 0 Å². The second kappa shape index (κ2) is 8.92. The minimum Gasteiger partial charge on any atom is -0.381 e. The Balaban J connectivity index is 3.74. The highest BCUT2D eigenvalue weighted by Gasteiger charge is 2.20. The molecule has 0 bridgehead atoms. The molecule has 3 N–H and O–H groups in total. The number of sulfonamides is 1. The van der Waals surface area contributed by atoms with Crippen LogP contribution in [0.25, 0.3) is 0 Å². The van der Waals surface area contributed by atoms with Crippen LogP contribution in [0.15, 0.2) is 0 Å². The number of nitrogens with one attached hydrogen (secondary N) is 1. The van der Waals surface area contributed by atoms with Crippen molar-refractivity contribution in [1.82, 2.24) is 4.72 Å². The van der Waals surface area contributed by atoms with Crippen LogP contribution in [-0.2, 0) is 14.8 Å². The Labute approximate surface area is 98.8 Å². The molecule has 0 saturated carbocycles. The summed E-state index contributed by atoms with van der Waals surface area (Å²) >= 11 is 0. The second-order valence-electron chi connectivity index (χ2n) is 3.67. The van der Waals surface area contributed by atoms with Gasteiger partial charge in [-0.15, -0.1) is 0 Å². The van der Waals surface area contributed by atoms with Crippen molar-refractivity contribution in [3.05, 3.63) is 0 Å². The topological polar surface area (TPSA) is 81.4 Å². The summed E-state index contributed by atoms with van der Waals surface area (Å²) in [5.74, 6) is 0. The summed E-state index contributed by atoms with van der Waals surface area (Å²) in [5, 5.41) is -0.482. The smallest absolute Gasteiger partial charge is 0.215 e. The molecule has 0 rings (SSSR count). The fourth-order valence-corrected chi connectivity index (χ4v) is 2.62. The van der Waals surface area contributed by atoms with Crippen LogP contribution in [0.1, 0.15) is 33.1 Å². The van der Waals surface area contributed by atoms with Gasteiger partial charge in [-0.2, -0.15) is 0 Å². The Morgan fingerprint density at radius 3 is 2.50 bits per heavy atom. The number of hydrogen-bond acceptors (Lipinski definition) is 4. The molecule has 0 fully saturated rings. The first-order valence-corrected chi connectivity index (χ1v) is 7.39. The molecule has 98 valence electrons. The molecule has 0 aliphatic heterocycles. The fourth-order valence-electron chi connectivity index (χ4n) is 1.27. The van der Waals surface area contributed by atoms with E-state index in [9.17, 15) is 8.42 Å². The van der Waals surface area contributed by atoms with Crippen LogP contribution in [0, 0.1) is 0 Å². The van der Waals surface area contributed by atoms with Gasteiger partial charge in [0.25, 0.3) is 0 Å². The van der Waals surface area contributed by atoms with Crippen molar-refractivity contribution in [2.45, 2.75) is 38.4 Å². The highest BCUT2D eigenvalue weighted by Crippen LogP contribution is 2.01. The molecular formula is C10H24N2O3S. The van der Waals surface area contributed by atoms with Crippen LogP contribution in [0.2, 0.25) is 0 Å². The van der Waals surface area contributed by atoms with E-state index < -0.39 is 15.3 Å². The van der Waals surface area contributed by atoms with Gasteiger partial charge in [-0.1, -0.05) is 13.8 Å². The number of nitrogens with two attached hydrogens (primary N) is 1. The van der Waals surface area contributed by atoms with Crippen LogP contribution in [-0.4, -0.2) is 40.0 Å². The molecule has 1 atom stereocenters. The van der Waals surface area contributed by atoms with Gasteiger partial charge in [0.05, 0.1) is 5.25 Å². The molecule has 0 heterocycles. The average Bonchev–Trinajstić information content (AvgIpc) is 2.24. The van der Waals surface area contributed by atoms with Gasteiger partial charge in [-0.3, -0.25) is 0 Å². The summed E-state index contributed by atoms with van der Waals surface area (Å²) in [6.07, 6.45) is 2.22. The zero-order chi connectivity index (χ0) is 12.4. The number of ether oxygens (including phenoxy) is 1. The minimum absolute atomic E-state index is 0.165. The summed E-state index contributed by atoms with van der Waals surface area (Å²) in [7, 11) is -3.25. The summed E-state index contributed by atoms with van der Waals surface area (Å²) in [6.45, 7) is 5.76. The highest BCUT2D eigenvalue weighted by molar-refractivity contribution is 7.90. The van der Waals surface area contributed by atoms with E-state index in [1.807, 2.05) is 13.8 Å². The van der Waals surface area contributed by atoms with Crippen LogP contribution in [0.5, 0.6) is 0 Å². The molecule has 1 unspecified atom stereocenters. The predicted molar refractivity (Wildman–Crippen MR) is 65.8 cm³/mol. The van der Waals surface area contributed by atoms with Crippen molar-refractivity contribution < 1.29 is 13.2 Å². The van der Waals surface area contributed by atoms with E-state index in [2.05, 4.69) is 4.72 Å². The van der Waals surface area contributed by atoms with E-state index in [4.69, 9.17) is 10.5 Å². The van der Waals surface area contributed by atoms with Gasteiger partial charge < -0.3 is 10.5 Å². The molecule has 0 aromatic heterocycles. The lowest BCUT2D eigenvalue weighted by molar-refractivity contribution is 0.133. The lowest BCUT2D eigenvalue weighted by Gasteiger charge is -2.14. The summed E-state index contributed by atoms with van der Waals surface area (Å²) in [4.78, 5) is 0. The Morgan fingerprint density at radius 2 is 2.00 bits per heavy atom. The van der Waals surface area contributed by atoms with Gasteiger partial charge in [-0.25, -0.2) is 13.1 Å². The molecule has 0 aliphatic carbocycles. The summed E-state index contributed by atoms with van der Waals surface area (Å²) < 4.78 is 31.1. The summed E-state index contributed by atoms with van der Waals surface area (Å²) in [5.41, 5.74) is 5.40. The predicted octanol–water partition coefficient (Wildman–Crippen LogP) is 0.460. The molecule has 5 nitrogen and oxygen atoms in total. The maximum absolute atomic E-state index is 11.6. The lowest BCUT2D eigenvalue weighted by atomic mass is 10.3. The van der Waals surface area contributed by atoms with E-state index in [1.54, 1.807) is 0 Å². The molecule has 16 heavy (non-hydrogen) atoms. The molecule has 6 heteroatoms. The van der Waals surface area contributed by atoms with Gasteiger partial charge in [0.2, 0.25) is 10.0 Å². The summed E-state index contributed by atoms with van der Waals surface area (Å²) in [6, 6.07) is 0. The normalized spacial score (nSPS) is 13.9. The maximum atomic E-state index is 11.6. The van der Waals surface area contributed by atoms with Gasteiger partial charge in [0.1, 0.15) is 0 Å². The van der Waals surface area contributed by atoms with Gasteiger partial charge in [0, 0.05) is 26.3 Å². The quantitative estimate of drug-likeness (QED) is 0.553. The molecule has 0 aromatic rings. The second-order valence-corrected chi connectivity index (χ2v) is 5.72. The van der Waals surface area contributed by atoms with E-state index in [-0.39, 0.29) is 6.54 Å². The van der Waals surface area contributed by atoms with E-state index in [1.165, 1.54) is 0 Å². The average molecular weight is 252 g/mol. The Morgan fingerprint density at radius 1 is 1.31 bits per heavy atom. The Hall–Kier alpha value is -0.170. The van der Waals surface area contributed by atoms with Crippen molar-refractivity contribution in [1.29, 1.82) is 0 Å². The van der Waals surface area contributed by atoms with Crippen LogP contribution in [0.3, 0.4) is 0 Å². The molecule has 0 aromatic carbocycles. The van der Waals surface area contributed by atoms with Crippen molar-refractivity contribution in [3.8, 4) is 0 Å². The highest BCUT2D eigenvalue weighted by atomic mass is 32.2.